The standard InChI is InChI=1S/C15H13BrClNO3/c1-2-20-14-6-10(8-19)5-12(16)15(14)21-9-11-3-4-18-7-13(11)17/h3-8H,2,9H2,1H3. The third-order valence-corrected chi connectivity index (χ3v) is 3.63. The quantitative estimate of drug-likeness (QED) is 0.712. The molecule has 1 aromatic heterocycles. The second-order valence-corrected chi connectivity index (χ2v) is 5.40. The number of carbonyl (C=O) groups is 1. The van der Waals surface area contributed by atoms with Crippen LogP contribution in [0.4, 0.5) is 0 Å². The molecule has 0 saturated heterocycles. The monoisotopic (exact) mass is 369 g/mol. The molecule has 0 aliphatic heterocycles. The molecule has 0 N–H and O–H groups in total. The van der Waals surface area contributed by atoms with Crippen molar-refractivity contribution in [2.45, 2.75) is 13.5 Å². The third-order valence-electron chi connectivity index (χ3n) is 2.70. The van der Waals surface area contributed by atoms with Gasteiger partial charge in [-0.05, 0) is 41.1 Å². The number of carbonyl (C=O) groups excluding carboxylic acids is 1. The van der Waals surface area contributed by atoms with E-state index in [1.165, 1.54) is 0 Å². The molecule has 0 aliphatic carbocycles. The molecular formula is C15H13BrClNO3. The van der Waals surface area contributed by atoms with Crippen molar-refractivity contribution in [1.82, 2.24) is 4.98 Å². The van der Waals surface area contributed by atoms with E-state index in [1.54, 1.807) is 30.6 Å². The van der Waals surface area contributed by atoms with Gasteiger partial charge in [-0.25, -0.2) is 0 Å². The summed E-state index contributed by atoms with van der Waals surface area (Å²) in [6.07, 6.45) is 3.98. The first kappa shape index (κ1) is 15.8. The smallest absolute Gasteiger partial charge is 0.175 e. The molecule has 0 radical (unpaired) electrons. The highest BCUT2D eigenvalue weighted by Gasteiger charge is 2.13. The fourth-order valence-corrected chi connectivity index (χ4v) is 2.48. The Morgan fingerprint density at radius 2 is 2.19 bits per heavy atom. The molecule has 6 heteroatoms. The van der Waals surface area contributed by atoms with Gasteiger partial charge < -0.3 is 9.47 Å². The van der Waals surface area contributed by atoms with Gasteiger partial charge in [-0.3, -0.25) is 9.78 Å². The Morgan fingerprint density at radius 3 is 2.86 bits per heavy atom. The normalized spacial score (nSPS) is 10.2. The molecule has 2 rings (SSSR count). The van der Waals surface area contributed by atoms with E-state index < -0.39 is 0 Å². The van der Waals surface area contributed by atoms with E-state index in [4.69, 9.17) is 21.1 Å². The molecule has 2 aromatic rings. The first-order chi connectivity index (χ1) is 10.2. The van der Waals surface area contributed by atoms with Crippen LogP contribution in [0.5, 0.6) is 11.5 Å². The number of hydrogen-bond donors (Lipinski definition) is 0. The fourth-order valence-electron chi connectivity index (χ4n) is 1.73. The molecule has 0 unspecified atom stereocenters. The first-order valence-electron chi connectivity index (χ1n) is 6.28. The van der Waals surface area contributed by atoms with Crippen LogP contribution in [0.3, 0.4) is 0 Å². The molecule has 0 spiro atoms. The molecule has 1 heterocycles. The number of pyridine rings is 1. The summed E-state index contributed by atoms with van der Waals surface area (Å²) in [5, 5.41) is 0.538. The van der Waals surface area contributed by atoms with Crippen molar-refractivity contribution >= 4 is 33.8 Å². The van der Waals surface area contributed by atoms with Crippen LogP contribution in [0, 0.1) is 0 Å². The van der Waals surface area contributed by atoms with E-state index in [1.807, 2.05) is 6.92 Å². The highest BCUT2D eigenvalue weighted by atomic mass is 79.9. The lowest BCUT2D eigenvalue weighted by Crippen LogP contribution is -2.02. The Balaban J connectivity index is 2.26. The van der Waals surface area contributed by atoms with Gasteiger partial charge in [0.25, 0.3) is 0 Å². The maximum atomic E-state index is 10.9. The van der Waals surface area contributed by atoms with Crippen LogP contribution in [-0.4, -0.2) is 17.9 Å². The van der Waals surface area contributed by atoms with Crippen LogP contribution in [0.25, 0.3) is 0 Å². The number of rotatable bonds is 6. The van der Waals surface area contributed by atoms with Crippen LogP contribution < -0.4 is 9.47 Å². The van der Waals surface area contributed by atoms with Crippen molar-refractivity contribution in [2.24, 2.45) is 0 Å². The van der Waals surface area contributed by atoms with Crippen LogP contribution in [0.2, 0.25) is 5.02 Å². The van der Waals surface area contributed by atoms with Crippen molar-refractivity contribution in [3.8, 4) is 11.5 Å². The lowest BCUT2D eigenvalue weighted by molar-refractivity contribution is 0.112. The predicted octanol–water partition coefficient (Wildman–Crippen LogP) is 4.29. The van der Waals surface area contributed by atoms with E-state index in [9.17, 15) is 4.79 Å². The number of ether oxygens (including phenoxy) is 2. The van der Waals surface area contributed by atoms with Gasteiger partial charge in [-0.2, -0.15) is 0 Å². The largest absolute Gasteiger partial charge is 0.490 e. The molecule has 21 heavy (non-hydrogen) atoms. The summed E-state index contributed by atoms with van der Waals surface area (Å²) >= 11 is 9.44. The second-order valence-electron chi connectivity index (χ2n) is 4.14. The van der Waals surface area contributed by atoms with Crippen molar-refractivity contribution in [3.05, 3.63) is 51.2 Å². The maximum Gasteiger partial charge on any atom is 0.175 e. The Morgan fingerprint density at radius 1 is 1.38 bits per heavy atom. The van der Waals surface area contributed by atoms with E-state index in [-0.39, 0.29) is 6.61 Å². The average molecular weight is 371 g/mol. The Labute approximate surface area is 136 Å². The highest BCUT2D eigenvalue weighted by Crippen LogP contribution is 2.37. The van der Waals surface area contributed by atoms with Crippen molar-refractivity contribution in [1.29, 1.82) is 0 Å². The second kappa shape index (κ2) is 7.43. The molecule has 0 fully saturated rings. The van der Waals surface area contributed by atoms with Gasteiger partial charge in [-0.1, -0.05) is 11.6 Å². The summed E-state index contributed by atoms with van der Waals surface area (Å²) in [7, 11) is 0. The molecule has 0 aliphatic rings. The van der Waals surface area contributed by atoms with Gasteiger partial charge in [0.15, 0.2) is 11.5 Å². The maximum absolute atomic E-state index is 10.9. The zero-order chi connectivity index (χ0) is 15.2. The van der Waals surface area contributed by atoms with Crippen LogP contribution in [-0.2, 0) is 6.61 Å². The number of aldehydes is 1. The van der Waals surface area contributed by atoms with Crippen LogP contribution in [0.15, 0.2) is 35.1 Å². The molecule has 110 valence electrons. The molecule has 1 aromatic carbocycles. The van der Waals surface area contributed by atoms with Crippen LogP contribution >= 0.6 is 27.5 Å². The highest BCUT2D eigenvalue weighted by molar-refractivity contribution is 9.10. The lowest BCUT2D eigenvalue weighted by Gasteiger charge is -2.14. The molecule has 0 atom stereocenters. The first-order valence-corrected chi connectivity index (χ1v) is 7.45. The average Bonchev–Trinajstić information content (AvgIpc) is 2.48. The molecule has 0 bridgehead atoms. The van der Waals surface area contributed by atoms with Crippen LogP contribution in [0.1, 0.15) is 22.8 Å². The van der Waals surface area contributed by atoms with E-state index >= 15 is 0 Å². The SMILES string of the molecule is CCOc1cc(C=O)cc(Br)c1OCc1ccncc1Cl. The summed E-state index contributed by atoms with van der Waals surface area (Å²) in [6.45, 7) is 2.62. The van der Waals surface area contributed by atoms with E-state index in [2.05, 4.69) is 20.9 Å². The Bertz CT molecular complexity index is 649. The van der Waals surface area contributed by atoms with Crippen molar-refractivity contribution in [3.63, 3.8) is 0 Å². The topological polar surface area (TPSA) is 48.4 Å². The lowest BCUT2D eigenvalue weighted by atomic mass is 10.2. The summed E-state index contributed by atoms with van der Waals surface area (Å²) in [4.78, 5) is 14.8. The minimum absolute atomic E-state index is 0.278. The summed E-state index contributed by atoms with van der Waals surface area (Å²) in [5.41, 5.74) is 1.33. The van der Waals surface area contributed by atoms with Gasteiger partial charge in [0.1, 0.15) is 12.9 Å². The molecular weight excluding hydrogens is 358 g/mol. The minimum Gasteiger partial charge on any atom is -0.490 e. The Hall–Kier alpha value is -1.59. The van der Waals surface area contributed by atoms with Gasteiger partial charge >= 0.3 is 0 Å². The summed E-state index contributed by atoms with van der Waals surface area (Å²) in [6, 6.07) is 5.11. The predicted molar refractivity (Wildman–Crippen MR) is 84.3 cm³/mol. The minimum atomic E-state index is 0.278. The van der Waals surface area contributed by atoms with Crippen molar-refractivity contribution < 1.29 is 14.3 Å². The van der Waals surface area contributed by atoms with E-state index in [0.717, 1.165) is 11.8 Å². The third kappa shape index (κ3) is 3.95. The van der Waals surface area contributed by atoms with Gasteiger partial charge in [0.05, 0.1) is 16.1 Å². The zero-order valence-corrected chi connectivity index (χ0v) is 13.6. The molecule has 4 nitrogen and oxygen atoms in total. The number of hydrogen-bond acceptors (Lipinski definition) is 4. The van der Waals surface area contributed by atoms with Gasteiger partial charge in [-0.15, -0.1) is 0 Å². The van der Waals surface area contributed by atoms with E-state index in [0.29, 0.717) is 33.2 Å². The number of benzene rings is 1. The number of nitrogens with zero attached hydrogens (tertiary/aromatic N) is 1. The number of halogens is 2. The zero-order valence-electron chi connectivity index (χ0n) is 11.3. The summed E-state index contributed by atoms with van der Waals surface area (Å²) < 4.78 is 12.0. The molecule has 0 saturated carbocycles. The van der Waals surface area contributed by atoms with Gasteiger partial charge in [0, 0.05) is 23.5 Å². The fraction of sp³-hybridized carbons (Fsp3) is 0.200. The number of aromatic nitrogens is 1. The summed E-state index contributed by atoms with van der Waals surface area (Å²) in [5.74, 6) is 1.05. The Kier molecular flexibility index (Phi) is 5.59. The molecule has 0 amide bonds. The van der Waals surface area contributed by atoms with Crippen molar-refractivity contribution in [2.75, 3.05) is 6.61 Å². The van der Waals surface area contributed by atoms with Gasteiger partial charge in [0.2, 0.25) is 0 Å².